The number of hydrogen-bond acceptors (Lipinski definition) is 10. The molecule has 14 rings (SSSR count). The third kappa shape index (κ3) is 10.1. The molecule has 4 saturated heterocycles. The van der Waals surface area contributed by atoms with Gasteiger partial charge in [-0.05, 0) is 222 Å². The molecule has 460 valence electrons. The van der Waals surface area contributed by atoms with Crippen LogP contribution in [0.15, 0.2) is 83.0 Å². The molecule has 4 aliphatic heterocycles. The van der Waals surface area contributed by atoms with Gasteiger partial charge in [0.15, 0.2) is 0 Å². The fraction of sp³-hybridized carbons (Fsp3) is 0.746. The third-order valence-corrected chi connectivity index (χ3v) is 26.9. The molecule has 84 heavy (non-hydrogen) atoms. The van der Waals surface area contributed by atoms with Gasteiger partial charge in [0, 0.05) is 24.9 Å². The van der Waals surface area contributed by atoms with E-state index < -0.39 is 10.1 Å². The summed E-state index contributed by atoms with van der Waals surface area (Å²) in [6.45, 7) is 21.0. The summed E-state index contributed by atoms with van der Waals surface area (Å²) in [6, 6.07) is 20.0. The number of aliphatic hydroxyl groups excluding tert-OH is 1. The van der Waals surface area contributed by atoms with E-state index in [1.54, 1.807) is 11.1 Å². The molecule has 2 aromatic carbocycles. The van der Waals surface area contributed by atoms with Gasteiger partial charge in [-0.3, -0.25) is 4.18 Å². The Morgan fingerprint density at radius 1 is 0.595 bits per heavy atom. The molecule has 2 spiro atoms. The molecule has 0 aromatic heterocycles. The molecule has 2 amide bonds. The van der Waals surface area contributed by atoms with Crippen LogP contribution in [0.2, 0.25) is 0 Å². The molecule has 12 aliphatic rings. The highest BCUT2D eigenvalue weighted by Gasteiger charge is 2.65. The lowest BCUT2D eigenvalue weighted by atomic mass is 9.52. The van der Waals surface area contributed by atoms with Crippen LogP contribution in [-0.4, -0.2) is 103 Å². The fourth-order valence-electron chi connectivity index (χ4n) is 22.2. The second-order valence-electron chi connectivity index (χ2n) is 30.4. The van der Waals surface area contributed by atoms with Crippen LogP contribution < -0.4 is 0 Å². The average Bonchev–Trinajstić information content (AvgIpc) is 1.97. The minimum Gasteiger partial charge on any atom is -0.445 e. The number of likely N-dealkylation sites (tertiary alicyclic amines) is 2. The topological polar surface area (TPSA) is 141 Å². The maximum Gasteiger partial charge on any atom is 0.410 e. The van der Waals surface area contributed by atoms with E-state index in [9.17, 15) is 23.1 Å². The van der Waals surface area contributed by atoms with Crippen LogP contribution in [0.4, 0.5) is 9.59 Å². The molecule has 12 nitrogen and oxygen atoms in total. The van der Waals surface area contributed by atoms with Crippen LogP contribution in [0.1, 0.15) is 182 Å². The van der Waals surface area contributed by atoms with Crippen molar-refractivity contribution in [2.24, 2.45) is 81.8 Å². The van der Waals surface area contributed by atoms with E-state index in [-0.39, 0.29) is 83.7 Å². The van der Waals surface area contributed by atoms with Gasteiger partial charge in [0.1, 0.15) is 13.2 Å². The molecule has 22 atom stereocenters. The van der Waals surface area contributed by atoms with Gasteiger partial charge >= 0.3 is 12.2 Å². The summed E-state index contributed by atoms with van der Waals surface area (Å²) in [5.74, 6) is 6.59. The minimum atomic E-state index is -3.43. The maximum absolute atomic E-state index is 13.6. The lowest BCUT2D eigenvalue weighted by molar-refractivity contribution is -0.0742. The summed E-state index contributed by atoms with van der Waals surface area (Å²) in [6.07, 6.45) is 20.3. The molecule has 0 bridgehead atoms. The Bertz CT molecular complexity index is 2970. The number of ether oxygens (including phenoxy) is 4. The summed E-state index contributed by atoms with van der Waals surface area (Å²) in [5, 5.41) is 10.4. The van der Waals surface area contributed by atoms with Gasteiger partial charge < -0.3 is 33.9 Å². The van der Waals surface area contributed by atoms with E-state index in [1.165, 1.54) is 62.3 Å². The smallest absolute Gasteiger partial charge is 0.410 e. The van der Waals surface area contributed by atoms with Gasteiger partial charge in [-0.1, -0.05) is 113 Å². The standard InChI is InChI=1S/C36H51NO6S.C35H49NO4/c1-22-17-32-33(37(20-22)34(38)41-21-25-9-7-6-8-10-25)24(3)36(42-32)16-14-28-29-12-11-26-18-27(43-44(5,39)40)13-15-35(26,4)31(29)19-30(28)23(36)2;1-21-16-31-32(36(19-21)33(38)39-20-24-8-6-5-7-9-24)23(3)35(40-31)15-13-27-28-11-10-25-17-26(37)12-14-34(25,4)30(28)18-29(27)22(35)2/h6-10,22,24,26-29,31-33H,11-21H2,1-5H3;5-9,21,23,25-28,30-32,37H,10-20H2,1-4H3/t22-,24+,26+,27-,28-,29?,31-,32+,33-,35-,36-;21-,23+,25+,26-,27-,28?,30-,31+,32-,34-,35-/m00/s1. The molecular weight excluding hydrogens is 1070 g/mol. The van der Waals surface area contributed by atoms with Crippen LogP contribution in [0.3, 0.4) is 0 Å². The monoisotopic (exact) mass is 1170 g/mol. The molecular formula is C71H100N2O10S. The Morgan fingerprint density at radius 2 is 1.04 bits per heavy atom. The third-order valence-electron chi connectivity index (χ3n) is 26.3. The predicted octanol–water partition coefficient (Wildman–Crippen LogP) is 14.2. The largest absolute Gasteiger partial charge is 0.445 e. The Morgan fingerprint density at radius 3 is 1.49 bits per heavy atom. The summed E-state index contributed by atoms with van der Waals surface area (Å²) in [4.78, 5) is 31.1. The average molecular weight is 1170 g/mol. The van der Waals surface area contributed by atoms with E-state index >= 15 is 0 Å². The zero-order valence-corrected chi connectivity index (χ0v) is 53.0. The molecule has 13 heteroatoms. The van der Waals surface area contributed by atoms with Gasteiger partial charge in [-0.15, -0.1) is 0 Å². The number of fused-ring (bicyclic) bond motifs is 12. The molecule has 2 aromatic rings. The van der Waals surface area contributed by atoms with Crippen LogP contribution in [0, 0.1) is 81.8 Å². The number of benzene rings is 2. The van der Waals surface area contributed by atoms with Crippen molar-refractivity contribution >= 4 is 22.3 Å². The molecule has 10 fully saturated rings. The molecule has 2 unspecified atom stereocenters. The van der Waals surface area contributed by atoms with E-state index in [4.69, 9.17) is 23.1 Å². The summed E-state index contributed by atoms with van der Waals surface area (Å²) < 4.78 is 55.4. The highest BCUT2D eigenvalue weighted by atomic mass is 32.2. The predicted molar refractivity (Wildman–Crippen MR) is 324 cm³/mol. The number of piperidine rings is 2. The number of aliphatic hydroxyl groups is 1. The summed E-state index contributed by atoms with van der Waals surface area (Å²) >= 11 is 0. The number of rotatable bonds is 6. The normalized spacial score (nSPS) is 44.6. The zero-order chi connectivity index (χ0) is 58.8. The Balaban J connectivity index is 0.000000157. The van der Waals surface area contributed by atoms with Crippen LogP contribution >= 0.6 is 0 Å². The highest BCUT2D eigenvalue weighted by Crippen LogP contribution is 2.69. The van der Waals surface area contributed by atoms with E-state index in [1.807, 2.05) is 70.5 Å². The quantitative estimate of drug-likeness (QED) is 0.219. The summed E-state index contributed by atoms with van der Waals surface area (Å²) in [7, 11) is -3.43. The van der Waals surface area contributed by atoms with Crippen LogP contribution in [-0.2, 0) is 46.5 Å². The van der Waals surface area contributed by atoms with Gasteiger partial charge in [-0.2, -0.15) is 8.42 Å². The van der Waals surface area contributed by atoms with Gasteiger partial charge in [0.2, 0.25) is 0 Å². The van der Waals surface area contributed by atoms with Crippen molar-refractivity contribution in [2.45, 2.75) is 232 Å². The van der Waals surface area contributed by atoms with Crippen molar-refractivity contribution < 1.29 is 46.2 Å². The lowest BCUT2D eigenvalue weighted by Crippen LogP contribution is -2.54. The SMILES string of the molecule is CC1=C2C[C@H]3C(CC[C@@H]4C[C@@H](O)CC[C@@]43C)[C@@H]2CC[C@]12O[C@@H]1C[C@H](C)CN(C(=O)OCc3ccccc3)[C@H]1[C@H]2C.CC1=C2C[C@H]3C(CC[C@@H]4C[C@@H](OS(C)(=O)=O)CC[C@@]43C)[C@@H]2CC[C@]12O[C@@H]1C[C@H](C)CN(C(=O)OCc3ccccc3)[C@H]1[C@H]2C. The first-order valence-corrected chi connectivity index (χ1v) is 35.2. The lowest BCUT2D eigenvalue weighted by Gasteiger charge is -2.54. The van der Waals surface area contributed by atoms with Crippen molar-refractivity contribution in [3.63, 3.8) is 0 Å². The van der Waals surface area contributed by atoms with E-state index in [2.05, 4.69) is 55.4 Å². The van der Waals surface area contributed by atoms with Crippen LogP contribution in [0.25, 0.3) is 0 Å². The first kappa shape index (κ1) is 59.2. The molecule has 1 N–H and O–H groups in total. The number of carbonyl (C=O) groups is 2. The minimum absolute atomic E-state index is 0.0253. The van der Waals surface area contributed by atoms with E-state index in [0.29, 0.717) is 65.9 Å². The second kappa shape index (κ2) is 22.4. The van der Waals surface area contributed by atoms with Gasteiger partial charge in [0.25, 0.3) is 10.1 Å². The maximum atomic E-state index is 13.6. The van der Waals surface area contributed by atoms with Crippen molar-refractivity contribution in [3.8, 4) is 0 Å². The number of allylic oxidation sites excluding steroid dienone is 2. The Hall–Kier alpha value is -3.75. The van der Waals surface area contributed by atoms with Crippen molar-refractivity contribution in [3.05, 3.63) is 94.1 Å². The number of nitrogens with zero attached hydrogens (tertiary/aromatic N) is 2. The number of hydrogen-bond donors (Lipinski definition) is 1. The van der Waals surface area contributed by atoms with Gasteiger partial charge in [-0.25, -0.2) is 9.59 Å². The van der Waals surface area contributed by atoms with Crippen molar-refractivity contribution in [2.75, 3.05) is 19.3 Å². The Kier molecular flexibility index (Phi) is 15.8. The molecule has 4 heterocycles. The summed E-state index contributed by atoms with van der Waals surface area (Å²) in [5.41, 5.74) is 8.32. The van der Waals surface area contributed by atoms with Gasteiger partial charge in [0.05, 0.1) is 54.0 Å². The van der Waals surface area contributed by atoms with Crippen LogP contribution in [0.5, 0.6) is 0 Å². The fourth-order valence-corrected chi connectivity index (χ4v) is 22.8. The number of carbonyl (C=O) groups excluding carboxylic acids is 2. The first-order chi connectivity index (χ1) is 40.1. The Labute approximate surface area is 503 Å². The molecule has 8 aliphatic carbocycles. The van der Waals surface area contributed by atoms with E-state index in [0.717, 1.165) is 100 Å². The first-order valence-electron chi connectivity index (χ1n) is 33.4. The highest BCUT2D eigenvalue weighted by molar-refractivity contribution is 7.86. The molecule has 0 radical (unpaired) electrons. The van der Waals surface area contributed by atoms with Crippen molar-refractivity contribution in [1.82, 2.24) is 9.80 Å². The van der Waals surface area contributed by atoms with Crippen molar-refractivity contribution in [1.29, 1.82) is 0 Å². The molecule has 6 saturated carbocycles. The zero-order valence-electron chi connectivity index (χ0n) is 52.1. The number of amides is 2. The second-order valence-corrected chi connectivity index (χ2v) is 32.0.